The van der Waals surface area contributed by atoms with Crippen molar-refractivity contribution in [2.75, 3.05) is 13.4 Å². The van der Waals surface area contributed by atoms with Crippen LogP contribution in [0.15, 0.2) is 12.1 Å². The molecule has 0 fully saturated rings. The number of ether oxygens (including phenoxy) is 2. The van der Waals surface area contributed by atoms with E-state index in [0.717, 1.165) is 12.1 Å². The molecule has 0 unspecified atom stereocenters. The van der Waals surface area contributed by atoms with Gasteiger partial charge < -0.3 is 9.47 Å². The van der Waals surface area contributed by atoms with E-state index in [1.807, 2.05) is 0 Å². The second-order valence-electron chi connectivity index (χ2n) is 2.67. The molecule has 0 heterocycles. The van der Waals surface area contributed by atoms with Gasteiger partial charge in [0, 0.05) is 18.7 Å². The van der Waals surface area contributed by atoms with E-state index in [-0.39, 0.29) is 18.8 Å². The van der Waals surface area contributed by atoms with Crippen LogP contribution in [0.5, 0.6) is 5.75 Å². The van der Waals surface area contributed by atoms with E-state index in [0.29, 0.717) is 6.61 Å². The van der Waals surface area contributed by atoms with Crippen LogP contribution < -0.4 is 4.74 Å². The first-order valence-electron chi connectivity index (χ1n) is 4.33. The smallest absolute Gasteiger partial charge is 0.189 e. The van der Waals surface area contributed by atoms with Crippen LogP contribution in [0.2, 0.25) is 0 Å². The summed E-state index contributed by atoms with van der Waals surface area (Å²) in [5, 5.41) is 0. The Morgan fingerprint density at radius 3 is 2.40 bits per heavy atom. The topological polar surface area (TPSA) is 35.5 Å². The lowest BCUT2D eigenvalue weighted by Crippen LogP contribution is -2.03. The number of halogens is 2. The zero-order valence-corrected chi connectivity index (χ0v) is 8.13. The molecule has 1 rings (SSSR count). The average Bonchev–Trinajstić information content (AvgIpc) is 2.18. The van der Waals surface area contributed by atoms with E-state index in [2.05, 4.69) is 0 Å². The molecule has 3 nitrogen and oxygen atoms in total. The highest BCUT2D eigenvalue weighted by atomic mass is 19.1. The highest BCUT2D eigenvalue weighted by molar-refractivity contribution is 5.75. The van der Waals surface area contributed by atoms with Gasteiger partial charge >= 0.3 is 0 Å². The Morgan fingerprint density at radius 2 is 1.93 bits per heavy atom. The Morgan fingerprint density at radius 1 is 1.33 bits per heavy atom. The van der Waals surface area contributed by atoms with Crippen molar-refractivity contribution in [2.45, 2.75) is 6.92 Å². The van der Waals surface area contributed by atoms with Gasteiger partial charge in [0.25, 0.3) is 0 Å². The zero-order valence-electron chi connectivity index (χ0n) is 8.13. The first-order chi connectivity index (χ1) is 7.19. The quantitative estimate of drug-likeness (QED) is 0.429. The molecule has 0 aliphatic rings. The van der Waals surface area contributed by atoms with E-state index in [1.165, 1.54) is 0 Å². The third-order valence-corrected chi connectivity index (χ3v) is 1.68. The number of aldehydes is 1. The van der Waals surface area contributed by atoms with E-state index < -0.39 is 17.2 Å². The second-order valence-corrected chi connectivity index (χ2v) is 2.67. The Labute approximate surface area is 85.6 Å². The summed E-state index contributed by atoms with van der Waals surface area (Å²) >= 11 is 0. The van der Waals surface area contributed by atoms with Crippen molar-refractivity contribution in [3.05, 3.63) is 29.3 Å². The summed E-state index contributed by atoms with van der Waals surface area (Å²) in [7, 11) is 0. The van der Waals surface area contributed by atoms with Crippen LogP contribution >= 0.6 is 0 Å². The molecule has 0 radical (unpaired) electrons. The van der Waals surface area contributed by atoms with Crippen LogP contribution in [0, 0.1) is 11.6 Å². The molecule has 0 aromatic heterocycles. The van der Waals surface area contributed by atoms with Crippen LogP contribution in [-0.4, -0.2) is 19.7 Å². The molecule has 0 aliphatic heterocycles. The molecule has 0 saturated carbocycles. The number of rotatable bonds is 5. The zero-order chi connectivity index (χ0) is 11.3. The number of hydrogen-bond acceptors (Lipinski definition) is 3. The lowest BCUT2D eigenvalue weighted by Gasteiger charge is -2.06. The molecule has 1 aromatic carbocycles. The van der Waals surface area contributed by atoms with E-state index in [1.54, 1.807) is 6.92 Å². The van der Waals surface area contributed by atoms with Crippen molar-refractivity contribution < 1.29 is 23.0 Å². The van der Waals surface area contributed by atoms with Gasteiger partial charge in [-0.2, -0.15) is 0 Å². The van der Waals surface area contributed by atoms with Gasteiger partial charge in [0.1, 0.15) is 17.4 Å². The van der Waals surface area contributed by atoms with Gasteiger partial charge in [-0.15, -0.1) is 0 Å². The van der Waals surface area contributed by atoms with Gasteiger partial charge in [-0.3, -0.25) is 4.79 Å². The molecule has 82 valence electrons. The van der Waals surface area contributed by atoms with E-state index in [9.17, 15) is 13.6 Å². The standard InChI is InChI=1S/C10H10F2O3/c1-2-14-6-15-7-3-9(11)8(5-13)10(12)4-7/h3-5H,2,6H2,1H3. The Bertz CT molecular complexity index is 330. The normalized spacial score (nSPS) is 10.1. The van der Waals surface area contributed by atoms with Gasteiger partial charge in [-0.1, -0.05) is 0 Å². The first-order valence-corrected chi connectivity index (χ1v) is 4.33. The third kappa shape index (κ3) is 2.99. The summed E-state index contributed by atoms with van der Waals surface area (Å²) in [6.07, 6.45) is 0.122. The Kier molecular flexibility index (Phi) is 4.17. The molecule has 0 aliphatic carbocycles. The highest BCUT2D eigenvalue weighted by Crippen LogP contribution is 2.19. The Balaban J connectivity index is 2.79. The SMILES string of the molecule is CCOCOc1cc(F)c(C=O)c(F)c1. The number of hydrogen-bond donors (Lipinski definition) is 0. The van der Waals surface area contributed by atoms with Crippen molar-refractivity contribution in [3.8, 4) is 5.75 Å². The second kappa shape index (κ2) is 5.41. The third-order valence-electron chi connectivity index (χ3n) is 1.68. The molecule has 5 heteroatoms. The Hall–Kier alpha value is -1.49. The molecule has 0 spiro atoms. The van der Waals surface area contributed by atoms with Crippen LogP contribution in [0.4, 0.5) is 8.78 Å². The van der Waals surface area contributed by atoms with Crippen LogP contribution in [-0.2, 0) is 4.74 Å². The molecule has 0 amide bonds. The minimum Gasteiger partial charge on any atom is -0.467 e. The summed E-state index contributed by atoms with van der Waals surface area (Å²) in [5.74, 6) is -1.91. The van der Waals surface area contributed by atoms with Gasteiger partial charge in [0.2, 0.25) is 0 Å². The number of carbonyl (C=O) groups is 1. The molecule has 0 N–H and O–H groups in total. The maximum atomic E-state index is 13.0. The van der Waals surface area contributed by atoms with Crippen molar-refractivity contribution >= 4 is 6.29 Å². The first kappa shape index (κ1) is 11.6. The summed E-state index contributed by atoms with van der Waals surface area (Å²) in [6, 6.07) is 1.87. The fraction of sp³-hybridized carbons (Fsp3) is 0.300. The minimum atomic E-state index is -0.948. The van der Waals surface area contributed by atoms with Crippen LogP contribution in [0.25, 0.3) is 0 Å². The lowest BCUT2D eigenvalue weighted by atomic mass is 10.2. The molecular weight excluding hydrogens is 206 g/mol. The van der Waals surface area contributed by atoms with E-state index in [4.69, 9.17) is 9.47 Å². The summed E-state index contributed by atoms with van der Waals surface area (Å²) in [5.41, 5.74) is -0.598. The van der Waals surface area contributed by atoms with Gasteiger partial charge in [-0.05, 0) is 6.92 Å². The minimum absolute atomic E-state index is 0.0101. The summed E-state index contributed by atoms with van der Waals surface area (Å²) in [4.78, 5) is 10.3. The predicted octanol–water partition coefficient (Wildman–Crippen LogP) is 2.15. The fourth-order valence-electron chi connectivity index (χ4n) is 0.950. The number of benzene rings is 1. The molecule has 1 aromatic rings. The van der Waals surface area contributed by atoms with Crippen molar-refractivity contribution in [3.63, 3.8) is 0 Å². The van der Waals surface area contributed by atoms with Gasteiger partial charge in [0.15, 0.2) is 13.1 Å². The summed E-state index contributed by atoms with van der Waals surface area (Å²) in [6.45, 7) is 2.12. The predicted molar refractivity (Wildman–Crippen MR) is 48.9 cm³/mol. The van der Waals surface area contributed by atoms with Crippen molar-refractivity contribution in [1.29, 1.82) is 0 Å². The van der Waals surface area contributed by atoms with Crippen LogP contribution in [0.3, 0.4) is 0 Å². The van der Waals surface area contributed by atoms with E-state index >= 15 is 0 Å². The van der Waals surface area contributed by atoms with Gasteiger partial charge in [-0.25, -0.2) is 8.78 Å². The van der Waals surface area contributed by atoms with Gasteiger partial charge in [0.05, 0.1) is 5.56 Å². The monoisotopic (exact) mass is 216 g/mol. The highest BCUT2D eigenvalue weighted by Gasteiger charge is 2.10. The molecular formula is C10H10F2O3. The average molecular weight is 216 g/mol. The molecule has 0 saturated heterocycles. The lowest BCUT2D eigenvalue weighted by molar-refractivity contribution is 0.0220. The van der Waals surface area contributed by atoms with Crippen LogP contribution in [0.1, 0.15) is 17.3 Å². The maximum Gasteiger partial charge on any atom is 0.189 e. The van der Waals surface area contributed by atoms with Crippen molar-refractivity contribution in [1.82, 2.24) is 0 Å². The maximum absolute atomic E-state index is 13.0. The molecule has 0 bridgehead atoms. The molecule has 0 atom stereocenters. The summed E-state index contributed by atoms with van der Waals surface area (Å²) < 4.78 is 35.8. The van der Waals surface area contributed by atoms with Crippen molar-refractivity contribution in [2.24, 2.45) is 0 Å². The fourth-order valence-corrected chi connectivity index (χ4v) is 0.950. The largest absolute Gasteiger partial charge is 0.467 e. The number of carbonyl (C=O) groups excluding carboxylic acids is 1. The molecule has 15 heavy (non-hydrogen) atoms.